The Labute approximate surface area is 318 Å². The van der Waals surface area contributed by atoms with Crippen molar-refractivity contribution in [3.8, 4) is 57.5 Å². The van der Waals surface area contributed by atoms with E-state index < -0.39 is 0 Å². The van der Waals surface area contributed by atoms with Gasteiger partial charge in [0.25, 0.3) is 0 Å². The Hall–Kier alpha value is -5.20. The lowest BCUT2D eigenvalue weighted by atomic mass is 9.80. The van der Waals surface area contributed by atoms with Crippen molar-refractivity contribution in [2.45, 2.75) is 38.9 Å². The zero-order valence-electron chi connectivity index (χ0n) is 32.6. The molecule has 0 aromatic heterocycles. The molecule has 2 atom stereocenters. The first-order valence-electron chi connectivity index (χ1n) is 17.7. The van der Waals surface area contributed by atoms with Crippen LogP contribution in [-0.2, 0) is 26.1 Å². The van der Waals surface area contributed by atoms with Gasteiger partial charge in [0.15, 0.2) is 46.0 Å². The van der Waals surface area contributed by atoms with Gasteiger partial charge in [0.2, 0.25) is 11.5 Å². The van der Waals surface area contributed by atoms with E-state index in [1.807, 2.05) is 60.7 Å². The summed E-state index contributed by atoms with van der Waals surface area (Å²) in [5, 5.41) is 20.5. The van der Waals surface area contributed by atoms with E-state index in [1.165, 1.54) is 0 Å². The number of ether oxygens (including phenoxy) is 10. The Bertz CT molecular complexity index is 1720. The maximum Gasteiger partial charge on any atom is 0.203 e. The molecular formula is C42H54O12. The molecule has 4 rings (SSSR count). The topological polar surface area (TPSA) is 133 Å². The maximum absolute atomic E-state index is 10.7. The van der Waals surface area contributed by atoms with E-state index in [9.17, 15) is 10.2 Å². The molecule has 0 radical (unpaired) electrons. The van der Waals surface area contributed by atoms with Crippen molar-refractivity contribution in [2.24, 2.45) is 11.8 Å². The normalized spacial score (nSPS) is 12.0. The second kappa shape index (κ2) is 20.9. The Kier molecular flexibility index (Phi) is 16.1. The highest BCUT2D eigenvalue weighted by molar-refractivity contribution is 5.55. The molecule has 0 aliphatic heterocycles. The van der Waals surface area contributed by atoms with Crippen molar-refractivity contribution in [3.05, 3.63) is 82.9 Å². The van der Waals surface area contributed by atoms with Gasteiger partial charge in [0.05, 0.1) is 56.9 Å². The van der Waals surface area contributed by atoms with E-state index in [2.05, 4.69) is 0 Å². The molecule has 4 aromatic rings. The van der Waals surface area contributed by atoms with E-state index in [-0.39, 0.29) is 38.3 Å². The smallest absolute Gasteiger partial charge is 0.203 e. The molecule has 0 saturated heterocycles. The minimum Gasteiger partial charge on any atom is -0.493 e. The molecule has 0 amide bonds. The quantitative estimate of drug-likeness (QED) is 0.0837. The molecule has 0 aliphatic rings. The SMILES string of the molecule is COc1ccc(C[C@H](CO)[C@@H](CCCO)Cc2ccc(OC)c(OCc3cc(OC)c(OC)c(OC)c3)c2)cc1OCc1cc(OC)c(OC)c(OC)c1. The zero-order valence-corrected chi connectivity index (χ0v) is 32.6. The number of methoxy groups -OCH3 is 8. The highest BCUT2D eigenvalue weighted by Gasteiger charge is 2.24. The first-order valence-corrected chi connectivity index (χ1v) is 17.7. The first kappa shape index (κ1) is 41.6. The lowest BCUT2D eigenvalue weighted by Crippen LogP contribution is -2.24. The molecule has 12 nitrogen and oxygen atoms in total. The fourth-order valence-corrected chi connectivity index (χ4v) is 6.53. The van der Waals surface area contributed by atoms with Crippen molar-refractivity contribution in [2.75, 3.05) is 70.1 Å². The third kappa shape index (κ3) is 10.5. The van der Waals surface area contributed by atoms with Crippen LogP contribution >= 0.6 is 0 Å². The van der Waals surface area contributed by atoms with E-state index in [4.69, 9.17) is 47.4 Å². The van der Waals surface area contributed by atoms with E-state index in [0.29, 0.717) is 76.8 Å². The molecule has 294 valence electrons. The summed E-state index contributed by atoms with van der Waals surface area (Å²) < 4.78 is 56.8. The van der Waals surface area contributed by atoms with Gasteiger partial charge in [-0.05, 0) is 108 Å². The molecular weight excluding hydrogens is 696 g/mol. The summed E-state index contributed by atoms with van der Waals surface area (Å²) in [6, 6.07) is 19.0. The van der Waals surface area contributed by atoms with Gasteiger partial charge in [0, 0.05) is 13.2 Å². The third-order valence-electron chi connectivity index (χ3n) is 9.32. The minimum atomic E-state index is -0.112. The molecule has 4 aromatic carbocycles. The van der Waals surface area contributed by atoms with Gasteiger partial charge in [-0.3, -0.25) is 0 Å². The van der Waals surface area contributed by atoms with Gasteiger partial charge in [0.1, 0.15) is 13.2 Å². The summed E-state index contributed by atoms with van der Waals surface area (Å²) in [4.78, 5) is 0. The molecule has 2 N–H and O–H groups in total. The lowest BCUT2D eigenvalue weighted by Gasteiger charge is -2.27. The van der Waals surface area contributed by atoms with Gasteiger partial charge in [-0.15, -0.1) is 0 Å². The molecule has 0 unspecified atom stereocenters. The highest BCUT2D eigenvalue weighted by atomic mass is 16.5. The summed E-state index contributed by atoms with van der Waals surface area (Å²) in [6.07, 6.45) is 2.55. The third-order valence-corrected chi connectivity index (χ3v) is 9.32. The molecule has 0 saturated carbocycles. The molecule has 0 heterocycles. The monoisotopic (exact) mass is 750 g/mol. The van der Waals surface area contributed by atoms with Crippen LogP contribution in [0.15, 0.2) is 60.7 Å². The van der Waals surface area contributed by atoms with E-state index in [1.54, 1.807) is 56.9 Å². The summed E-state index contributed by atoms with van der Waals surface area (Å²) in [6.45, 7) is 0.470. The maximum atomic E-state index is 10.7. The van der Waals surface area contributed by atoms with Crippen molar-refractivity contribution < 1.29 is 57.6 Å². The second-order valence-corrected chi connectivity index (χ2v) is 12.6. The Morgan fingerprint density at radius 1 is 0.426 bits per heavy atom. The van der Waals surface area contributed by atoms with Gasteiger partial charge in [-0.2, -0.15) is 0 Å². The van der Waals surface area contributed by atoms with Gasteiger partial charge >= 0.3 is 0 Å². The van der Waals surface area contributed by atoms with Crippen molar-refractivity contribution in [1.82, 2.24) is 0 Å². The Morgan fingerprint density at radius 3 is 1.13 bits per heavy atom. The molecule has 54 heavy (non-hydrogen) atoms. The number of rotatable bonds is 23. The number of aliphatic hydroxyl groups is 2. The Morgan fingerprint density at radius 2 is 0.796 bits per heavy atom. The fraction of sp³-hybridized carbons (Fsp3) is 0.429. The molecule has 0 fully saturated rings. The van der Waals surface area contributed by atoms with Crippen LogP contribution in [0.4, 0.5) is 0 Å². The van der Waals surface area contributed by atoms with Crippen LogP contribution in [0.3, 0.4) is 0 Å². The fourth-order valence-electron chi connectivity index (χ4n) is 6.53. The largest absolute Gasteiger partial charge is 0.493 e. The Balaban J connectivity index is 1.53. The molecule has 0 bridgehead atoms. The summed E-state index contributed by atoms with van der Waals surface area (Å²) >= 11 is 0. The zero-order chi connectivity index (χ0) is 39.0. The summed E-state index contributed by atoms with van der Waals surface area (Å²) in [7, 11) is 12.6. The number of aliphatic hydroxyl groups excluding tert-OH is 2. The van der Waals surface area contributed by atoms with Crippen molar-refractivity contribution >= 4 is 0 Å². The minimum absolute atomic E-state index is 0.0373. The van der Waals surface area contributed by atoms with Crippen LogP contribution < -0.4 is 47.4 Å². The van der Waals surface area contributed by atoms with Gasteiger partial charge in [-0.25, -0.2) is 0 Å². The van der Waals surface area contributed by atoms with Crippen molar-refractivity contribution in [1.29, 1.82) is 0 Å². The summed E-state index contributed by atoms with van der Waals surface area (Å²) in [5.41, 5.74) is 3.64. The average molecular weight is 751 g/mol. The first-order chi connectivity index (χ1) is 26.3. The molecule has 0 aliphatic carbocycles. The number of hydrogen-bond acceptors (Lipinski definition) is 12. The van der Waals surface area contributed by atoms with Gasteiger partial charge < -0.3 is 57.6 Å². The van der Waals surface area contributed by atoms with Crippen LogP contribution in [0.1, 0.15) is 35.1 Å². The highest BCUT2D eigenvalue weighted by Crippen LogP contribution is 2.41. The van der Waals surface area contributed by atoms with Gasteiger partial charge in [-0.1, -0.05) is 12.1 Å². The predicted molar refractivity (Wildman–Crippen MR) is 205 cm³/mol. The summed E-state index contributed by atoms with van der Waals surface area (Å²) in [5.74, 6) is 5.39. The number of hydrogen-bond donors (Lipinski definition) is 2. The molecule has 12 heteroatoms. The second-order valence-electron chi connectivity index (χ2n) is 12.6. The van der Waals surface area contributed by atoms with Crippen LogP contribution in [0.2, 0.25) is 0 Å². The average Bonchev–Trinajstić information content (AvgIpc) is 3.21. The van der Waals surface area contributed by atoms with E-state index in [0.717, 1.165) is 28.7 Å². The van der Waals surface area contributed by atoms with Crippen LogP contribution in [0, 0.1) is 11.8 Å². The predicted octanol–water partition coefficient (Wildman–Crippen LogP) is 6.70. The molecule has 0 spiro atoms. The lowest BCUT2D eigenvalue weighted by molar-refractivity contribution is 0.158. The van der Waals surface area contributed by atoms with Crippen LogP contribution in [0.25, 0.3) is 0 Å². The van der Waals surface area contributed by atoms with Crippen LogP contribution in [0.5, 0.6) is 57.5 Å². The van der Waals surface area contributed by atoms with E-state index >= 15 is 0 Å². The standard InChI is InChI=1S/C42H54O12/c1-45-33-13-11-27(18-35(33)53-25-29-20-37(47-3)41(51-7)38(21-29)48-4)16-31(10-9-15-43)32(24-44)17-28-12-14-34(46-2)36(19-28)54-26-30-22-39(49-5)42(52-8)40(23-30)50-6/h11-14,18-23,31-32,43-44H,9-10,15-17,24-26H2,1-8H3/t31-,32+/m0/s1. The van der Waals surface area contributed by atoms with Crippen molar-refractivity contribution in [3.63, 3.8) is 0 Å². The van der Waals surface area contributed by atoms with Crippen LogP contribution in [-0.4, -0.2) is 80.3 Å². The number of benzene rings is 4.